The van der Waals surface area contributed by atoms with Crippen LogP contribution in [0.1, 0.15) is 36.7 Å². The minimum absolute atomic E-state index is 0.0476. The van der Waals surface area contributed by atoms with E-state index in [4.69, 9.17) is 15.2 Å². The predicted molar refractivity (Wildman–Crippen MR) is 129 cm³/mol. The second-order valence-electron chi connectivity index (χ2n) is 8.00. The molecule has 1 aromatic carbocycles. The maximum atomic E-state index is 11.9. The molecule has 2 amide bonds. The molecular formula is C23H33N7O4. The molecule has 11 heteroatoms. The van der Waals surface area contributed by atoms with Gasteiger partial charge in [-0.25, -0.2) is 9.97 Å². The van der Waals surface area contributed by atoms with Crippen molar-refractivity contribution in [2.24, 2.45) is 5.73 Å². The molecule has 1 aliphatic heterocycles. The lowest BCUT2D eigenvalue weighted by atomic mass is 10.1. The van der Waals surface area contributed by atoms with Crippen molar-refractivity contribution in [3.05, 3.63) is 36.2 Å². The quantitative estimate of drug-likeness (QED) is 0.289. The van der Waals surface area contributed by atoms with Crippen molar-refractivity contribution in [3.63, 3.8) is 0 Å². The SMILES string of the molecule is CN[C@@H](C)C(=O)NCCCOc1cccc(Nc2nc(NC3CCOCC3)cnc2C(N)=O)c1. The average molecular weight is 472 g/mol. The van der Waals surface area contributed by atoms with Gasteiger partial charge in [0.25, 0.3) is 5.91 Å². The van der Waals surface area contributed by atoms with Crippen molar-refractivity contribution in [2.45, 2.75) is 38.3 Å². The van der Waals surface area contributed by atoms with Gasteiger partial charge in [0.15, 0.2) is 11.5 Å². The van der Waals surface area contributed by atoms with Gasteiger partial charge < -0.3 is 36.5 Å². The number of anilines is 3. The summed E-state index contributed by atoms with van der Waals surface area (Å²) in [6.45, 7) is 4.16. The van der Waals surface area contributed by atoms with E-state index >= 15 is 0 Å². The molecular weight excluding hydrogens is 438 g/mol. The van der Waals surface area contributed by atoms with E-state index < -0.39 is 5.91 Å². The zero-order valence-corrected chi connectivity index (χ0v) is 19.6. The van der Waals surface area contributed by atoms with Gasteiger partial charge in [-0.3, -0.25) is 9.59 Å². The maximum absolute atomic E-state index is 11.9. The Morgan fingerprint density at radius 1 is 1.29 bits per heavy atom. The number of hydrogen-bond acceptors (Lipinski definition) is 9. The van der Waals surface area contributed by atoms with Gasteiger partial charge in [0.1, 0.15) is 11.6 Å². The summed E-state index contributed by atoms with van der Waals surface area (Å²) >= 11 is 0. The standard InChI is InChI=1S/C23H33N7O4/c1-15(25-2)23(32)26-9-4-10-34-18-6-3-5-17(13-18)29-22-20(21(24)31)27-14-19(30-22)28-16-7-11-33-12-8-16/h3,5-6,13-16,25H,4,7-12H2,1-2H3,(H2,24,31)(H,26,32)(H2,28,29,30)/t15-/m0/s1. The van der Waals surface area contributed by atoms with Crippen LogP contribution >= 0.6 is 0 Å². The van der Waals surface area contributed by atoms with Crippen molar-refractivity contribution < 1.29 is 19.1 Å². The number of amides is 2. The molecule has 0 spiro atoms. The zero-order valence-electron chi connectivity index (χ0n) is 19.6. The lowest BCUT2D eigenvalue weighted by Gasteiger charge is -2.23. The highest BCUT2D eigenvalue weighted by Gasteiger charge is 2.17. The minimum Gasteiger partial charge on any atom is -0.493 e. The smallest absolute Gasteiger partial charge is 0.271 e. The number of ether oxygens (including phenoxy) is 2. The summed E-state index contributed by atoms with van der Waals surface area (Å²) in [5.74, 6) is 0.748. The molecule has 1 atom stereocenters. The molecule has 1 aromatic heterocycles. The molecule has 1 aliphatic rings. The van der Waals surface area contributed by atoms with Crippen LogP contribution in [0.2, 0.25) is 0 Å². The van der Waals surface area contributed by atoms with E-state index in [1.54, 1.807) is 20.0 Å². The van der Waals surface area contributed by atoms with Gasteiger partial charge >= 0.3 is 0 Å². The number of primary amides is 1. The number of benzene rings is 1. The Morgan fingerprint density at radius 3 is 2.82 bits per heavy atom. The van der Waals surface area contributed by atoms with Gasteiger partial charge in [-0.05, 0) is 45.4 Å². The molecule has 6 N–H and O–H groups in total. The van der Waals surface area contributed by atoms with Crippen molar-refractivity contribution in [3.8, 4) is 5.75 Å². The molecule has 0 unspecified atom stereocenters. The number of nitrogens with zero attached hydrogens (tertiary/aromatic N) is 2. The lowest BCUT2D eigenvalue weighted by Crippen LogP contribution is -2.40. The first-order chi connectivity index (χ1) is 16.5. The molecule has 0 aliphatic carbocycles. The van der Waals surface area contributed by atoms with Gasteiger partial charge in [0.05, 0.1) is 18.8 Å². The first-order valence-corrected chi connectivity index (χ1v) is 11.4. The molecule has 3 rings (SSSR count). The molecule has 2 heterocycles. The highest BCUT2D eigenvalue weighted by Crippen LogP contribution is 2.24. The molecule has 34 heavy (non-hydrogen) atoms. The zero-order chi connectivity index (χ0) is 24.3. The molecule has 2 aromatic rings. The largest absolute Gasteiger partial charge is 0.493 e. The fraction of sp³-hybridized carbons (Fsp3) is 0.478. The topological polar surface area (TPSA) is 153 Å². The predicted octanol–water partition coefficient (Wildman–Crippen LogP) is 1.40. The minimum atomic E-state index is -0.672. The number of carbonyl (C=O) groups is 2. The van der Waals surface area contributed by atoms with Crippen LogP contribution in [-0.4, -0.2) is 67.3 Å². The number of hydrogen-bond donors (Lipinski definition) is 5. The monoisotopic (exact) mass is 471 g/mol. The Morgan fingerprint density at radius 2 is 2.09 bits per heavy atom. The third kappa shape index (κ3) is 7.56. The molecule has 1 saturated heterocycles. The fourth-order valence-corrected chi connectivity index (χ4v) is 3.34. The highest BCUT2D eigenvalue weighted by molar-refractivity contribution is 5.96. The van der Waals surface area contributed by atoms with E-state index in [0.717, 1.165) is 12.8 Å². The van der Waals surface area contributed by atoms with E-state index in [2.05, 4.69) is 31.2 Å². The van der Waals surface area contributed by atoms with E-state index in [1.165, 1.54) is 6.20 Å². The number of likely N-dealkylation sites (N-methyl/N-ethyl adjacent to an activating group) is 1. The third-order valence-corrected chi connectivity index (χ3v) is 5.39. The van der Waals surface area contributed by atoms with Crippen LogP contribution in [-0.2, 0) is 9.53 Å². The van der Waals surface area contributed by atoms with Crippen LogP contribution in [0.3, 0.4) is 0 Å². The van der Waals surface area contributed by atoms with Crippen molar-refractivity contribution in [2.75, 3.05) is 44.0 Å². The number of nitrogens with two attached hydrogens (primary N) is 1. The van der Waals surface area contributed by atoms with Gasteiger partial charge in [-0.15, -0.1) is 0 Å². The van der Waals surface area contributed by atoms with Crippen molar-refractivity contribution in [1.82, 2.24) is 20.6 Å². The second-order valence-corrected chi connectivity index (χ2v) is 8.00. The fourth-order valence-electron chi connectivity index (χ4n) is 3.34. The van der Waals surface area contributed by atoms with E-state index in [1.807, 2.05) is 18.2 Å². The maximum Gasteiger partial charge on any atom is 0.271 e. The molecule has 0 saturated carbocycles. The van der Waals surface area contributed by atoms with Gasteiger partial charge in [0.2, 0.25) is 5.91 Å². The molecule has 0 bridgehead atoms. The lowest BCUT2D eigenvalue weighted by molar-refractivity contribution is -0.122. The van der Waals surface area contributed by atoms with Gasteiger partial charge in [-0.2, -0.15) is 0 Å². The number of aromatic nitrogens is 2. The highest BCUT2D eigenvalue weighted by atomic mass is 16.5. The normalized spacial score (nSPS) is 14.8. The Labute approximate surface area is 199 Å². The summed E-state index contributed by atoms with van der Waals surface area (Å²) in [7, 11) is 1.74. The van der Waals surface area contributed by atoms with Gasteiger partial charge in [0, 0.05) is 37.6 Å². The van der Waals surface area contributed by atoms with E-state index in [0.29, 0.717) is 50.0 Å². The summed E-state index contributed by atoms with van der Waals surface area (Å²) in [6, 6.07) is 7.29. The van der Waals surface area contributed by atoms with Crippen LogP contribution in [0.15, 0.2) is 30.5 Å². The number of carbonyl (C=O) groups excluding carboxylic acids is 2. The summed E-state index contributed by atoms with van der Waals surface area (Å²) in [5, 5.41) is 12.2. The van der Waals surface area contributed by atoms with Crippen LogP contribution in [0.5, 0.6) is 5.75 Å². The summed E-state index contributed by atoms with van der Waals surface area (Å²) in [6.07, 6.45) is 3.92. The summed E-state index contributed by atoms with van der Waals surface area (Å²) in [4.78, 5) is 32.4. The Bertz CT molecular complexity index is 966. The van der Waals surface area contributed by atoms with Crippen molar-refractivity contribution in [1.29, 1.82) is 0 Å². The summed E-state index contributed by atoms with van der Waals surface area (Å²) in [5.41, 5.74) is 6.22. The Kier molecular flexibility index (Phi) is 9.41. The Hall–Kier alpha value is -3.44. The van der Waals surface area contributed by atoms with Crippen LogP contribution in [0.25, 0.3) is 0 Å². The molecule has 1 fully saturated rings. The van der Waals surface area contributed by atoms with E-state index in [-0.39, 0.29) is 29.5 Å². The van der Waals surface area contributed by atoms with Crippen molar-refractivity contribution >= 4 is 29.1 Å². The Balaban J connectivity index is 1.58. The van der Waals surface area contributed by atoms with Crippen LogP contribution in [0.4, 0.5) is 17.3 Å². The summed E-state index contributed by atoms with van der Waals surface area (Å²) < 4.78 is 11.2. The van der Waals surface area contributed by atoms with E-state index in [9.17, 15) is 9.59 Å². The van der Waals surface area contributed by atoms with Gasteiger partial charge in [-0.1, -0.05) is 6.07 Å². The first-order valence-electron chi connectivity index (χ1n) is 11.4. The number of rotatable bonds is 12. The molecule has 184 valence electrons. The van der Waals surface area contributed by atoms with Crippen LogP contribution < -0.4 is 31.7 Å². The molecule has 0 radical (unpaired) electrons. The number of nitrogens with one attached hydrogen (secondary N) is 4. The third-order valence-electron chi connectivity index (χ3n) is 5.39. The second kappa shape index (κ2) is 12.7. The molecule has 11 nitrogen and oxygen atoms in total. The van der Waals surface area contributed by atoms with Crippen LogP contribution in [0, 0.1) is 0 Å². The average Bonchev–Trinajstić information content (AvgIpc) is 2.84. The first kappa shape index (κ1) is 25.2.